The van der Waals surface area contributed by atoms with Crippen molar-refractivity contribution in [2.75, 3.05) is 27.3 Å². The van der Waals surface area contributed by atoms with E-state index in [1.807, 2.05) is 24.1 Å². The summed E-state index contributed by atoms with van der Waals surface area (Å²) in [5.74, 6) is 0.896. The summed E-state index contributed by atoms with van der Waals surface area (Å²) in [6, 6.07) is 3.66. The molecule has 1 aromatic rings. The maximum Gasteiger partial charge on any atom is 0.237 e. The lowest BCUT2D eigenvalue weighted by atomic mass is 10.1. The Morgan fingerprint density at radius 2 is 2.36 bits per heavy atom. The third-order valence-electron chi connectivity index (χ3n) is 4.42. The Morgan fingerprint density at radius 3 is 3.09 bits per heavy atom. The standard InChI is InChI=1S/C16H21ClN2O3/c1-19-9-13(21-2)7-14(19)16(20)18-8-11-6-12(17)5-10-3-4-22-15(10)11/h5-6,13-14H,3-4,7-9H2,1-2H3,(H,18,20)/t13-,14-/m0/s1. The van der Waals surface area contributed by atoms with Crippen LogP contribution in [0.4, 0.5) is 0 Å². The quantitative estimate of drug-likeness (QED) is 0.914. The van der Waals surface area contributed by atoms with Crippen LogP contribution in [0.5, 0.6) is 5.75 Å². The topological polar surface area (TPSA) is 50.8 Å². The molecule has 1 fully saturated rings. The lowest BCUT2D eigenvalue weighted by Crippen LogP contribution is -2.41. The Balaban J connectivity index is 1.65. The number of hydrogen-bond donors (Lipinski definition) is 1. The van der Waals surface area contributed by atoms with Crippen LogP contribution < -0.4 is 10.1 Å². The first-order valence-corrected chi connectivity index (χ1v) is 7.91. The number of rotatable bonds is 4. The van der Waals surface area contributed by atoms with Gasteiger partial charge in [-0.3, -0.25) is 9.69 Å². The van der Waals surface area contributed by atoms with Crippen molar-refractivity contribution in [3.05, 3.63) is 28.3 Å². The van der Waals surface area contributed by atoms with Gasteiger partial charge in [0.1, 0.15) is 5.75 Å². The summed E-state index contributed by atoms with van der Waals surface area (Å²) in [7, 11) is 3.63. The van der Waals surface area contributed by atoms with Crippen molar-refractivity contribution >= 4 is 17.5 Å². The zero-order valence-corrected chi connectivity index (χ0v) is 13.7. The molecule has 1 amide bonds. The minimum Gasteiger partial charge on any atom is -0.493 e. The zero-order chi connectivity index (χ0) is 15.7. The first kappa shape index (κ1) is 15.6. The number of likely N-dealkylation sites (N-methyl/N-ethyl adjacent to an activating group) is 1. The minimum absolute atomic E-state index is 0.0220. The smallest absolute Gasteiger partial charge is 0.237 e. The number of fused-ring (bicyclic) bond motifs is 1. The van der Waals surface area contributed by atoms with Crippen molar-refractivity contribution < 1.29 is 14.3 Å². The highest BCUT2D eigenvalue weighted by molar-refractivity contribution is 6.30. The zero-order valence-electron chi connectivity index (χ0n) is 12.9. The van der Waals surface area contributed by atoms with Crippen molar-refractivity contribution in [1.29, 1.82) is 0 Å². The average molecular weight is 325 g/mol. The number of likely N-dealkylation sites (tertiary alicyclic amines) is 1. The van der Waals surface area contributed by atoms with Crippen LogP contribution in [-0.2, 0) is 22.5 Å². The molecule has 5 nitrogen and oxygen atoms in total. The number of amides is 1. The number of carbonyl (C=O) groups excluding carboxylic acids is 1. The highest BCUT2D eigenvalue weighted by Crippen LogP contribution is 2.32. The molecule has 2 aliphatic rings. The van der Waals surface area contributed by atoms with Crippen LogP contribution in [0.25, 0.3) is 0 Å². The number of carbonyl (C=O) groups is 1. The second kappa shape index (κ2) is 6.44. The van der Waals surface area contributed by atoms with Gasteiger partial charge in [0.05, 0.1) is 18.8 Å². The van der Waals surface area contributed by atoms with Gasteiger partial charge in [-0.05, 0) is 31.2 Å². The van der Waals surface area contributed by atoms with E-state index >= 15 is 0 Å². The minimum atomic E-state index is -0.141. The van der Waals surface area contributed by atoms with E-state index < -0.39 is 0 Å². The van der Waals surface area contributed by atoms with E-state index in [-0.39, 0.29) is 18.1 Å². The molecule has 1 aromatic carbocycles. The third-order valence-corrected chi connectivity index (χ3v) is 4.64. The van der Waals surface area contributed by atoms with E-state index in [1.165, 1.54) is 0 Å². The average Bonchev–Trinajstić information content (AvgIpc) is 3.10. The van der Waals surface area contributed by atoms with Crippen molar-refractivity contribution in [3.63, 3.8) is 0 Å². The fourth-order valence-electron chi connectivity index (χ4n) is 3.21. The van der Waals surface area contributed by atoms with Gasteiger partial charge in [0.2, 0.25) is 5.91 Å². The van der Waals surface area contributed by atoms with Crippen LogP contribution in [0, 0.1) is 0 Å². The molecule has 22 heavy (non-hydrogen) atoms. The number of halogens is 1. The van der Waals surface area contributed by atoms with Crippen molar-refractivity contribution in [1.82, 2.24) is 10.2 Å². The molecular weight excluding hydrogens is 304 g/mol. The molecule has 1 saturated heterocycles. The second-order valence-electron chi connectivity index (χ2n) is 5.92. The summed E-state index contributed by atoms with van der Waals surface area (Å²) in [6.45, 7) is 1.89. The molecule has 2 heterocycles. The Hall–Kier alpha value is -1.30. The second-order valence-corrected chi connectivity index (χ2v) is 6.35. The van der Waals surface area contributed by atoms with Gasteiger partial charge >= 0.3 is 0 Å². The summed E-state index contributed by atoms with van der Waals surface area (Å²) in [4.78, 5) is 14.4. The maximum atomic E-state index is 12.4. The van der Waals surface area contributed by atoms with Crippen molar-refractivity contribution in [2.45, 2.75) is 31.5 Å². The largest absolute Gasteiger partial charge is 0.493 e. The van der Waals surface area contributed by atoms with Crippen molar-refractivity contribution in [2.24, 2.45) is 0 Å². The molecule has 0 radical (unpaired) electrons. The molecule has 0 saturated carbocycles. The monoisotopic (exact) mass is 324 g/mol. The van der Waals surface area contributed by atoms with Crippen LogP contribution in [0.2, 0.25) is 5.02 Å². The van der Waals surface area contributed by atoms with Crippen LogP contribution in [0.1, 0.15) is 17.5 Å². The molecule has 0 bridgehead atoms. The number of benzene rings is 1. The molecule has 0 unspecified atom stereocenters. The summed E-state index contributed by atoms with van der Waals surface area (Å²) in [5, 5.41) is 3.68. The number of hydrogen-bond acceptors (Lipinski definition) is 4. The molecule has 120 valence electrons. The van der Waals surface area contributed by atoms with Gasteiger partial charge in [-0.2, -0.15) is 0 Å². The van der Waals surface area contributed by atoms with E-state index in [2.05, 4.69) is 5.32 Å². The summed E-state index contributed by atoms with van der Waals surface area (Å²) < 4.78 is 11.0. The van der Waals surface area contributed by atoms with Gasteiger partial charge < -0.3 is 14.8 Å². The van der Waals surface area contributed by atoms with Crippen LogP contribution in [-0.4, -0.2) is 50.3 Å². The molecule has 2 aliphatic heterocycles. The molecule has 1 N–H and O–H groups in total. The molecule has 3 rings (SSSR count). The SMILES string of the molecule is CO[C@H]1C[C@@H](C(=O)NCc2cc(Cl)cc3c2OCC3)N(C)C1. The first-order valence-electron chi connectivity index (χ1n) is 7.53. The first-order chi connectivity index (χ1) is 10.6. The fraction of sp³-hybridized carbons (Fsp3) is 0.562. The van der Waals surface area contributed by atoms with Gasteiger partial charge in [-0.15, -0.1) is 0 Å². The van der Waals surface area contributed by atoms with Crippen LogP contribution in [0.3, 0.4) is 0 Å². The fourth-order valence-corrected chi connectivity index (χ4v) is 3.47. The van der Waals surface area contributed by atoms with E-state index in [0.717, 1.165) is 36.3 Å². The highest BCUT2D eigenvalue weighted by atomic mass is 35.5. The number of ether oxygens (including phenoxy) is 2. The van der Waals surface area contributed by atoms with Crippen LogP contribution >= 0.6 is 11.6 Å². The molecule has 2 atom stereocenters. The third kappa shape index (κ3) is 3.07. The number of nitrogens with one attached hydrogen (secondary N) is 1. The Kier molecular flexibility index (Phi) is 4.57. The Labute approximate surface area is 135 Å². The van der Waals surface area contributed by atoms with E-state index in [0.29, 0.717) is 18.2 Å². The summed E-state index contributed by atoms with van der Waals surface area (Å²) in [6.07, 6.45) is 1.72. The van der Waals surface area contributed by atoms with Gasteiger partial charge in [0, 0.05) is 37.2 Å². The molecule has 6 heteroatoms. The van der Waals surface area contributed by atoms with Crippen LogP contribution in [0.15, 0.2) is 12.1 Å². The molecular formula is C16H21ClN2O3. The molecule has 0 aliphatic carbocycles. The normalized spacial score (nSPS) is 24.1. The predicted octanol–water partition coefficient (Wildman–Crippen LogP) is 1.61. The number of nitrogens with zero attached hydrogens (tertiary/aromatic N) is 1. The maximum absolute atomic E-state index is 12.4. The summed E-state index contributed by atoms with van der Waals surface area (Å²) >= 11 is 6.14. The predicted molar refractivity (Wildman–Crippen MR) is 84.3 cm³/mol. The lowest BCUT2D eigenvalue weighted by molar-refractivity contribution is -0.125. The molecule has 0 spiro atoms. The molecule has 0 aromatic heterocycles. The van der Waals surface area contributed by atoms with Gasteiger partial charge in [-0.1, -0.05) is 11.6 Å². The highest BCUT2D eigenvalue weighted by Gasteiger charge is 2.34. The van der Waals surface area contributed by atoms with Gasteiger partial charge in [0.25, 0.3) is 0 Å². The Bertz CT molecular complexity index is 579. The van der Waals surface area contributed by atoms with Crippen molar-refractivity contribution in [3.8, 4) is 5.75 Å². The van der Waals surface area contributed by atoms with E-state index in [4.69, 9.17) is 21.1 Å². The summed E-state index contributed by atoms with van der Waals surface area (Å²) in [5.41, 5.74) is 2.06. The Morgan fingerprint density at radius 1 is 1.55 bits per heavy atom. The van der Waals surface area contributed by atoms with Gasteiger partial charge in [-0.25, -0.2) is 0 Å². The van der Waals surface area contributed by atoms with E-state index in [9.17, 15) is 4.79 Å². The number of methoxy groups -OCH3 is 1. The lowest BCUT2D eigenvalue weighted by Gasteiger charge is -2.18. The van der Waals surface area contributed by atoms with Gasteiger partial charge in [0.15, 0.2) is 0 Å². The van der Waals surface area contributed by atoms with E-state index in [1.54, 1.807) is 7.11 Å².